The molecular formula is C19H26. The van der Waals surface area contributed by atoms with Crippen molar-refractivity contribution >= 4 is 5.57 Å². The molecule has 1 aromatic carbocycles. The fourth-order valence-electron chi connectivity index (χ4n) is 2.61. The highest BCUT2D eigenvalue weighted by Gasteiger charge is 2.12. The van der Waals surface area contributed by atoms with Crippen LogP contribution in [0.1, 0.15) is 51.7 Å². The molecule has 0 heterocycles. The highest BCUT2D eigenvalue weighted by molar-refractivity contribution is 5.75. The second kappa shape index (κ2) is 5.77. The first-order valence-corrected chi connectivity index (χ1v) is 7.45. The van der Waals surface area contributed by atoms with E-state index in [1.807, 2.05) is 0 Å². The van der Waals surface area contributed by atoms with Gasteiger partial charge in [0.05, 0.1) is 0 Å². The summed E-state index contributed by atoms with van der Waals surface area (Å²) in [6, 6.07) is 9.09. The molecule has 0 aliphatic heterocycles. The van der Waals surface area contributed by atoms with Crippen LogP contribution in [0.5, 0.6) is 0 Å². The number of benzene rings is 1. The standard InChI is InChI=1S/C19H26/c1-5-15-6-10-17(11-7-15)18-12-8-16(9-13-18)14-19(2,3)4/h6,8-13,15H,5,7,14H2,1-4H3. The zero-order valence-corrected chi connectivity index (χ0v) is 12.7. The average Bonchev–Trinajstić information content (AvgIpc) is 2.38. The molecule has 0 fully saturated rings. The molecule has 0 saturated heterocycles. The van der Waals surface area contributed by atoms with Gasteiger partial charge in [-0.3, -0.25) is 0 Å². The van der Waals surface area contributed by atoms with Gasteiger partial charge in [0, 0.05) is 0 Å². The second-order valence-corrected chi connectivity index (χ2v) is 6.86. The van der Waals surface area contributed by atoms with Crippen LogP contribution in [0, 0.1) is 11.3 Å². The summed E-state index contributed by atoms with van der Waals surface area (Å²) in [5.41, 5.74) is 4.53. The Morgan fingerprint density at radius 1 is 1.11 bits per heavy atom. The lowest BCUT2D eigenvalue weighted by atomic mass is 9.87. The summed E-state index contributed by atoms with van der Waals surface area (Å²) in [5, 5.41) is 0. The van der Waals surface area contributed by atoms with E-state index in [1.54, 1.807) is 0 Å². The molecule has 1 aliphatic rings. The predicted molar refractivity (Wildman–Crippen MR) is 85.1 cm³/mol. The van der Waals surface area contributed by atoms with E-state index in [0.29, 0.717) is 5.41 Å². The lowest BCUT2D eigenvalue weighted by molar-refractivity contribution is 0.411. The van der Waals surface area contributed by atoms with E-state index < -0.39 is 0 Å². The van der Waals surface area contributed by atoms with Gasteiger partial charge < -0.3 is 0 Å². The van der Waals surface area contributed by atoms with E-state index >= 15 is 0 Å². The lowest BCUT2D eigenvalue weighted by Crippen LogP contribution is -2.08. The number of rotatable bonds is 3. The summed E-state index contributed by atoms with van der Waals surface area (Å²) < 4.78 is 0. The third kappa shape index (κ3) is 4.09. The van der Waals surface area contributed by atoms with Gasteiger partial charge in [0.1, 0.15) is 0 Å². The minimum absolute atomic E-state index is 0.361. The molecule has 0 saturated carbocycles. The fraction of sp³-hybridized carbons (Fsp3) is 0.474. The molecule has 0 bridgehead atoms. The molecule has 0 amide bonds. The first-order valence-electron chi connectivity index (χ1n) is 7.45. The molecule has 1 unspecified atom stereocenters. The van der Waals surface area contributed by atoms with Crippen LogP contribution in [0.25, 0.3) is 5.57 Å². The molecule has 19 heavy (non-hydrogen) atoms. The Hall–Kier alpha value is -1.30. The maximum Gasteiger partial charge on any atom is -0.0187 e. The van der Waals surface area contributed by atoms with Crippen molar-refractivity contribution in [2.24, 2.45) is 11.3 Å². The van der Waals surface area contributed by atoms with Gasteiger partial charge >= 0.3 is 0 Å². The summed E-state index contributed by atoms with van der Waals surface area (Å²) in [5.74, 6) is 0.740. The summed E-state index contributed by atoms with van der Waals surface area (Å²) in [6.07, 6.45) is 10.6. The van der Waals surface area contributed by atoms with Crippen LogP contribution in [0.3, 0.4) is 0 Å². The van der Waals surface area contributed by atoms with Crippen molar-refractivity contribution < 1.29 is 0 Å². The first kappa shape index (κ1) is 14.1. The summed E-state index contributed by atoms with van der Waals surface area (Å²) >= 11 is 0. The SMILES string of the molecule is CCC1C=CC(c2ccc(CC(C)(C)C)cc2)=CC1. The molecular weight excluding hydrogens is 228 g/mol. The Morgan fingerprint density at radius 2 is 1.79 bits per heavy atom. The van der Waals surface area contributed by atoms with Gasteiger partial charge in [-0.1, -0.05) is 70.2 Å². The van der Waals surface area contributed by atoms with Crippen LogP contribution in [0.4, 0.5) is 0 Å². The highest BCUT2D eigenvalue weighted by atomic mass is 14.2. The van der Waals surface area contributed by atoms with Gasteiger partial charge in [-0.15, -0.1) is 0 Å². The molecule has 1 aliphatic carbocycles. The largest absolute Gasteiger partial charge is 0.0805 e. The van der Waals surface area contributed by atoms with E-state index in [1.165, 1.54) is 29.5 Å². The van der Waals surface area contributed by atoms with Gasteiger partial charge in [-0.2, -0.15) is 0 Å². The van der Waals surface area contributed by atoms with Crippen molar-refractivity contribution in [1.29, 1.82) is 0 Å². The quantitative estimate of drug-likeness (QED) is 0.654. The zero-order chi connectivity index (χ0) is 13.9. The molecule has 0 N–H and O–H groups in total. The van der Waals surface area contributed by atoms with E-state index in [0.717, 1.165) is 12.3 Å². The monoisotopic (exact) mass is 254 g/mol. The van der Waals surface area contributed by atoms with E-state index in [4.69, 9.17) is 0 Å². The van der Waals surface area contributed by atoms with Crippen molar-refractivity contribution in [3.05, 3.63) is 53.6 Å². The molecule has 2 rings (SSSR count). The van der Waals surface area contributed by atoms with Crippen molar-refractivity contribution in [3.8, 4) is 0 Å². The van der Waals surface area contributed by atoms with E-state index in [2.05, 4.69) is 70.2 Å². The first-order chi connectivity index (χ1) is 8.98. The fourth-order valence-corrected chi connectivity index (χ4v) is 2.61. The zero-order valence-electron chi connectivity index (χ0n) is 12.7. The van der Waals surface area contributed by atoms with Gasteiger partial charge in [-0.05, 0) is 47.3 Å². The Labute approximate surface area is 118 Å². The van der Waals surface area contributed by atoms with Crippen LogP contribution in [-0.4, -0.2) is 0 Å². The molecule has 0 nitrogen and oxygen atoms in total. The maximum atomic E-state index is 2.38. The van der Waals surface area contributed by atoms with Crippen molar-refractivity contribution in [2.75, 3.05) is 0 Å². The van der Waals surface area contributed by atoms with Crippen LogP contribution >= 0.6 is 0 Å². The van der Waals surface area contributed by atoms with Crippen LogP contribution in [0.2, 0.25) is 0 Å². The van der Waals surface area contributed by atoms with Gasteiger partial charge in [-0.25, -0.2) is 0 Å². The molecule has 0 radical (unpaired) electrons. The maximum absolute atomic E-state index is 2.38. The molecule has 102 valence electrons. The minimum atomic E-state index is 0.361. The lowest BCUT2D eigenvalue weighted by Gasteiger charge is -2.19. The third-order valence-electron chi connectivity index (χ3n) is 3.73. The van der Waals surface area contributed by atoms with Crippen LogP contribution in [-0.2, 0) is 6.42 Å². The van der Waals surface area contributed by atoms with Crippen molar-refractivity contribution in [2.45, 2.75) is 47.0 Å². The van der Waals surface area contributed by atoms with Gasteiger partial charge in [0.25, 0.3) is 0 Å². The Kier molecular flexibility index (Phi) is 4.29. The molecule has 0 spiro atoms. The smallest absolute Gasteiger partial charge is 0.0187 e. The number of allylic oxidation sites excluding steroid dienone is 4. The topological polar surface area (TPSA) is 0 Å². The summed E-state index contributed by atoms with van der Waals surface area (Å²) in [4.78, 5) is 0. The molecule has 1 atom stereocenters. The minimum Gasteiger partial charge on any atom is -0.0805 e. The third-order valence-corrected chi connectivity index (χ3v) is 3.73. The second-order valence-electron chi connectivity index (χ2n) is 6.86. The summed E-state index contributed by atoms with van der Waals surface area (Å²) in [6.45, 7) is 9.13. The highest BCUT2D eigenvalue weighted by Crippen LogP contribution is 2.27. The summed E-state index contributed by atoms with van der Waals surface area (Å²) in [7, 11) is 0. The van der Waals surface area contributed by atoms with Crippen LogP contribution < -0.4 is 0 Å². The van der Waals surface area contributed by atoms with E-state index in [9.17, 15) is 0 Å². The van der Waals surface area contributed by atoms with Crippen molar-refractivity contribution in [3.63, 3.8) is 0 Å². The van der Waals surface area contributed by atoms with Gasteiger partial charge in [0.15, 0.2) is 0 Å². The number of hydrogen-bond acceptors (Lipinski definition) is 0. The predicted octanol–water partition coefficient (Wildman–Crippen LogP) is 5.64. The van der Waals surface area contributed by atoms with Crippen molar-refractivity contribution in [1.82, 2.24) is 0 Å². The van der Waals surface area contributed by atoms with Crippen LogP contribution in [0.15, 0.2) is 42.5 Å². The molecule has 0 aromatic heterocycles. The van der Waals surface area contributed by atoms with E-state index in [-0.39, 0.29) is 0 Å². The molecule has 0 heteroatoms. The number of hydrogen-bond donors (Lipinski definition) is 0. The van der Waals surface area contributed by atoms with Gasteiger partial charge in [0.2, 0.25) is 0 Å². The average molecular weight is 254 g/mol. The Bertz CT molecular complexity index is 466. The molecule has 1 aromatic rings. The Balaban J connectivity index is 2.07. The Morgan fingerprint density at radius 3 is 2.26 bits per heavy atom. The normalized spacial score (nSPS) is 19.4.